The number of benzene rings is 10. The number of nitrogens with zero attached hydrogens (tertiary/aromatic N) is 2. The summed E-state index contributed by atoms with van der Waals surface area (Å²) >= 11 is 0. The van der Waals surface area contributed by atoms with E-state index in [1.807, 2.05) is 0 Å². The van der Waals surface area contributed by atoms with Crippen molar-refractivity contribution in [3.8, 4) is 27.9 Å². The van der Waals surface area contributed by atoms with E-state index in [0.29, 0.717) is 0 Å². The van der Waals surface area contributed by atoms with Crippen molar-refractivity contribution in [1.29, 1.82) is 0 Å². The molecule has 0 aliphatic heterocycles. The van der Waals surface area contributed by atoms with E-state index >= 15 is 0 Å². The van der Waals surface area contributed by atoms with Gasteiger partial charge in [-0.2, -0.15) is 0 Å². The number of para-hydroxylation sites is 4. The van der Waals surface area contributed by atoms with Crippen molar-refractivity contribution in [1.82, 2.24) is 4.57 Å². The summed E-state index contributed by atoms with van der Waals surface area (Å²) in [5, 5.41) is 9.50. The Morgan fingerprint density at radius 3 is 1.78 bits per heavy atom. The van der Waals surface area contributed by atoms with Crippen molar-refractivity contribution in [3.63, 3.8) is 0 Å². The Hall–Kier alpha value is -7.88. The van der Waals surface area contributed by atoms with Crippen LogP contribution in [0.5, 0.6) is 0 Å². The minimum Gasteiger partial charge on any atom is -0.455 e. The largest absolute Gasteiger partial charge is 0.455 e. The maximum Gasteiger partial charge on any atom is 0.143 e. The lowest BCUT2D eigenvalue weighted by Crippen LogP contribution is -2.13. The average molecular weight is 753 g/mol. The zero-order valence-electron chi connectivity index (χ0n) is 32.1. The Balaban J connectivity index is 1.08. The minimum absolute atomic E-state index is 0.886. The summed E-state index contributed by atoms with van der Waals surface area (Å²) in [6, 6.07) is 78.7. The van der Waals surface area contributed by atoms with E-state index in [2.05, 4.69) is 228 Å². The first-order valence-corrected chi connectivity index (χ1v) is 20.2. The molecular weight excluding hydrogens is 717 g/mol. The van der Waals surface area contributed by atoms with Gasteiger partial charge in [0.2, 0.25) is 0 Å². The van der Waals surface area contributed by atoms with Crippen LogP contribution in [0.25, 0.3) is 93.2 Å². The first-order valence-electron chi connectivity index (χ1n) is 20.2. The molecule has 0 aliphatic rings. The molecule has 276 valence electrons. The first-order chi connectivity index (χ1) is 29.3. The van der Waals surface area contributed by atoms with Crippen molar-refractivity contribution in [2.24, 2.45) is 0 Å². The fourth-order valence-corrected chi connectivity index (χ4v) is 9.33. The highest BCUT2D eigenvalue weighted by molar-refractivity contribution is 6.19. The number of hydrogen-bond acceptors (Lipinski definition) is 2. The molecule has 0 radical (unpaired) electrons. The summed E-state index contributed by atoms with van der Waals surface area (Å²) in [6.07, 6.45) is 0. The molecule has 0 aliphatic carbocycles. The normalized spacial score (nSPS) is 11.7. The van der Waals surface area contributed by atoms with Crippen molar-refractivity contribution in [3.05, 3.63) is 218 Å². The van der Waals surface area contributed by atoms with Crippen LogP contribution in [0.1, 0.15) is 0 Å². The molecule has 0 unspecified atom stereocenters. The van der Waals surface area contributed by atoms with Crippen LogP contribution in [0.15, 0.2) is 223 Å². The molecule has 0 bridgehead atoms. The Bertz CT molecular complexity index is 3510. The van der Waals surface area contributed by atoms with Crippen LogP contribution >= 0.6 is 0 Å². The van der Waals surface area contributed by atoms with Gasteiger partial charge in [0.1, 0.15) is 11.2 Å². The lowest BCUT2D eigenvalue weighted by Gasteiger charge is -2.29. The van der Waals surface area contributed by atoms with Crippen molar-refractivity contribution in [2.45, 2.75) is 0 Å². The van der Waals surface area contributed by atoms with Crippen LogP contribution in [0.3, 0.4) is 0 Å². The number of anilines is 3. The molecule has 10 aromatic carbocycles. The van der Waals surface area contributed by atoms with Crippen molar-refractivity contribution in [2.75, 3.05) is 4.90 Å². The highest BCUT2D eigenvalue weighted by Crippen LogP contribution is 2.45. The summed E-state index contributed by atoms with van der Waals surface area (Å²) in [5.74, 6) is 0. The summed E-state index contributed by atoms with van der Waals surface area (Å²) in [5.41, 5.74) is 13.1. The maximum atomic E-state index is 6.63. The predicted octanol–water partition coefficient (Wildman–Crippen LogP) is 15.8. The van der Waals surface area contributed by atoms with E-state index in [1.54, 1.807) is 0 Å². The van der Waals surface area contributed by atoms with Crippen LogP contribution in [-0.2, 0) is 0 Å². The van der Waals surface area contributed by atoms with Gasteiger partial charge in [0, 0.05) is 38.3 Å². The number of aromatic nitrogens is 1. The molecule has 59 heavy (non-hydrogen) atoms. The second-order valence-electron chi connectivity index (χ2n) is 15.3. The van der Waals surface area contributed by atoms with Gasteiger partial charge in [-0.05, 0) is 99.1 Å². The Morgan fingerprint density at radius 2 is 0.983 bits per heavy atom. The SMILES string of the molecule is c1cc(-c2cccc3oc4c5ccccc5ccc4c23)cc(N(c2ccc(-c3cccc4ccccc34)cc2)c2ccccc2-n2c3ccccc3c3ccccc32)c1. The van der Waals surface area contributed by atoms with Gasteiger partial charge in [-0.25, -0.2) is 0 Å². The van der Waals surface area contributed by atoms with Crippen LogP contribution in [0, 0.1) is 0 Å². The van der Waals surface area contributed by atoms with Gasteiger partial charge in [0.05, 0.1) is 22.4 Å². The second-order valence-corrected chi connectivity index (χ2v) is 15.3. The van der Waals surface area contributed by atoms with Crippen molar-refractivity contribution < 1.29 is 4.42 Å². The predicted molar refractivity (Wildman–Crippen MR) is 249 cm³/mol. The highest BCUT2D eigenvalue weighted by Gasteiger charge is 2.22. The monoisotopic (exact) mass is 752 g/mol. The van der Waals surface area contributed by atoms with Gasteiger partial charge in [-0.3, -0.25) is 0 Å². The van der Waals surface area contributed by atoms with Gasteiger partial charge in [0.15, 0.2) is 0 Å². The molecule has 0 atom stereocenters. The third-order valence-corrected chi connectivity index (χ3v) is 12.0. The lowest BCUT2D eigenvalue weighted by molar-refractivity contribution is 0.673. The van der Waals surface area contributed by atoms with Gasteiger partial charge in [-0.15, -0.1) is 0 Å². The van der Waals surface area contributed by atoms with Crippen LogP contribution in [0.4, 0.5) is 17.1 Å². The number of fused-ring (bicyclic) bond motifs is 9. The number of hydrogen-bond donors (Lipinski definition) is 0. The molecule has 0 N–H and O–H groups in total. The maximum absolute atomic E-state index is 6.63. The topological polar surface area (TPSA) is 21.3 Å². The second kappa shape index (κ2) is 13.4. The molecule has 12 aromatic rings. The third kappa shape index (κ3) is 5.29. The highest BCUT2D eigenvalue weighted by atomic mass is 16.3. The standard InChI is InChI=1S/C56H36N2O/c1-3-19-43-37(14-1)16-12-23-44(43)39-30-33-41(34-31-39)57(52-27-9-10-28-53(52)58-50-25-7-5-21-47(50)48-22-6-8-26-51(48)58)42-18-11-17-40(36-42)45-24-13-29-54-55(45)49-35-32-38-15-2-4-20-46(38)56(49)59-54/h1-36H. The smallest absolute Gasteiger partial charge is 0.143 e. The van der Waals surface area contributed by atoms with E-state index in [1.165, 1.54) is 49.1 Å². The fourth-order valence-electron chi connectivity index (χ4n) is 9.33. The van der Waals surface area contributed by atoms with E-state index in [0.717, 1.165) is 61.2 Å². The molecular formula is C56H36N2O. The van der Waals surface area contributed by atoms with Gasteiger partial charge in [0.25, 0.3) is 0 Å². The van der Waals surface area contributed by atoms with Gasteiger partial charge < -0.3 is 13.9 Å². The Morgan fingerprint density at radius 1 is 0.373 bits per heavy atom. The number of furan rings is 1. The summed E-state index contributed by atoms with van der Waals surface area (Å²) < 4.78 is 9.05. The zero-order chi connectivity index (χ0) is 38.9. The van der Waals surface area contributed by atoms with Crippen LogP contribution < -0.4 is 4.90 Å². The van der Waals surface area contributed by atoms with E-state index in [9.17, 15) is 0 Å². The summed E-state index contributed by atoms with van der Waals surface area (Å²) in [7, 11) is 0. The minimum atomic E-state index is 0.886. The Kier molecular flexibility index (Phi) is 7.54. The van der Waals surface area contributed by atoms with Crippen LogP contribution in [-0.4, -0.2) is 4.57 Å². The average Bonchev–Trinajstić information content (AvgIpc) is 3.86. The first kappa shape index (κ1) is 33.3. The van der Waals surface area contributed by atoms with E-state index < -0.39 is 0 Å². The summed E-state index contributed by atoms with van der Waals surface area (Å²) in [6.45, 7) is 0. The van der Waals surface area contributed by atoms with Gasteiger partial charge in [-0.1, -0.05) is 158 Å². The Labute approximate surface area is 341 Å². The van der Waals surface area contributed by atoms with Crippen molar-refractivity contribution >= 4 is 82.4 Å². The molecule has 0 saturated carbocycles. The molecule has 3 nitrogen and oxygen atoms in total. The molecule has 0 fully saturated rings. The fraction of sp³-hybridized carbons (Fsp3) is 0. The molecule has 2 aromatic heterocycles. The molecule has 0 amide bonds. The van der Waals surface area contributed by atoms with E-state index in [-0.39, 0.29) is 0 Å². The third-order valence-electron chi connectivity index (χ3n) is 12.0. The quantitative estimate of drug-likeness (QED) is 0.169. The summed E-state index contributed by atoms with van der Waals surface area (Å²) in [4.78, 5) is 2.41. The molecule has 2 heterocycles. The molecule has 0 saturated heterocycles. The zero-order valence-corrected chi connectivity index (χ0v) is 32.1. The molecule has 12 rings (SSSR count). The van der Waals surface area contributed by atoms with Gasteiger partial charge >= 0.3 is 0 Å². The van der Waals surface area contributed by atoms with E-state index in [4.69, 9.17) is 4.42 Å². The molecule has 0 spiro atoms. The van der Waals surface area contributed by atoms with Crippen LogP contribution in [0.2, 0.25) is 0 Å². The lowest BCUT2D eigenvalue weighted by atomic mass is 9.97. The molecule has 3 heteroatoms. The number of rotatable bonds is 6.